The lowest BCUT2D eigenvalue weighted by Gasteiger charge is -2.28. The highest BCUT2D eigenvalue weighted by Gasteiger charge is 2.38. The van der Waals surface area contributed by atoms with Crippen molar-refractivity contribution in [1.82, 2.24) is 35.1 Å². The molecule has 0 unspecified atom stereocenters. The van der Waals surface area contributed by atoms with Gasteiger partial charge in [0.1, 0.15) is 0 Å². The summed E-state index contributed by atoms with van der Waals surface area (Å²) in [4.78, 5) is 57.5. The van der Waals surface area contributed by atoms with Gasteiger partial charge in [0.25, 0.3) is 0 Å². The van der Waals surface area contributed by atoms with E-state index in [9.17, 15) is 14.4 Å². The number of anilines is 6. The lowest BCUT2D eigenvalue weighted by molar-refractivity contribution is 0.0903. The summed E-state index contributed by atoms with van der Waals surface area (Å²) in [6.07, 6.45) is 14.7. The molecule has 0 radical (unpaired) electrons. The van der Waals surface area contributed by atoms with Crippen molar-refractivity contribution in [3.8, 4) is 33.8 Å². The van der Waals surface area contributed by atoms with Gasteiger partial charge in [0.2, 0.25) is 0 Å². The van der Waals surface area contributed by atoms with Crippen LogP contribution < -0.4 is 16.0 Å². The maximum atomic E-state index is 13.0. The Morgan fingerprint density at radius 1 is 0.416 bits per heavy atom. The zero-order valence-electron chi connectivity index (χ0n) is 45.1. The Balaban J connectivity index is 0.000000131. The second-order valence-electron chi connectivity index (χ2n) is 23.0. The lowest BCUT2D eigenvalue weighted by atomic mass is 9.76. The minimum atomic E-state index is -0.0350. The van der Waals surface area contributed by atoms with E-state index >= 15 is 0 Å². The fourth-order valence-corrected chi connectivity index (χ4v) is 11.0. The van der Waals surface area contributed by atoms with Crippen molar-refractivity contribution in [2.24, 2.45) is 16.2 Å². The van der Waals surface area contributed by atoms with Crippen LogP contribution in [0.2, 0.25) is 0 Å². The number of ketones is 3. The van der Waals surface area contributed by atoms with Crippen molar-refractivity contribution >= 4 is 51.5 Å². The van der Waals surface area contributed by atoms with E-state index in [-0.39, 0.29) is 33.6 Å². The number of rotatable bonds is 9. The molecule has 0 saturated heterocycles. The first-order chi connectivity index (χ1) is 36.9. The number of H-pyrrole nitrogens is 3. The number of carbonyl (C=O) groups is 3. The minimum absolute atomic E-state index is 0.0222. The lowest BCUT2D eigenvalue weighted by Crippen LogP contribution is -2.26. The molecule has 0 atom stereocenters. The number of nitrogens with one attached hydrogen (secondary N) is 6. The van der Waals surface area contributed by atoms with E-state index in [2.05, 4.69) is 125 Å². The fourth-order valence-electron chi connectivity index (χ4n) is 11.0. The molecule has 0 bridgehead atoms. The van der Waals surface area contributed by atoms with Crippen molar-refractivity contribution < 1.29 is 14.4 Å². The Morgan fingerprint density at radius 2 is 0.818 bits per heavy atom. The van der Waals surface area contributed by atoms with Crippen LogP contribution in [-0.2, 0) is 19.3 Å². The van der Waals surface area contributed by atoms with Gasteiger partial charge in [-0.3, -0.25) is 24.4 Å². The smallest absolute Gasteiger partial charge is 0.167 e. The van der Waals surface area contributed by atoms with Crippen LogP contribution in [0.15, 0.2) is 146 Å². The van der Waals surface area contributed by atoms with Gasteiger partial charge in [-0.1, -0.05) is 95.6 Å². The zero-order valence-corrected chi connectivity index (χ0v) is 45.1. The summed E-state index contributed by atoms with van der Waals surface area (Å²) >= 11 is 0. The third kappa shape index (κ3) is 11.4. The number of pyridine rings is 2. The summed E-state index contributed by atoms with van der Waals surface area (Å²) in [5.41, 5.74) is 18.9. The molecular weight excluding hydrogens is 957 g/mol. The molecule has 3 aromatic carbocycles. The summed E-state index contributed by atoms with van der Waals surface area (Å²) in [5.74, 6) is 0.570. The molecular formula is C64H66N10O3. The first kappa shape index (κ1) is 51.8. The Bertz CT molecular complexity index is 3590. The molecule has 9 aromatic rings. The Kier molecular flexibility index (Phi) is 14.2. The topological polar surface area (TPSA) is 186 Å². The summed E-state index contributed by atoms with van der Waals surface area (Å²) in [6.45, 7) is 17.0. The van der Waals surface area contributed by atoms with Gasteiger partial charge in [0.05, 0.1) is 63.2 Å². The average molecular weight is 1020 g/mol. The number of hydrogen-bond donors (Lipinski definition) is 6. The molecule has 6 heterocycles. The quantitative estimate of drug-likeness (QED) is 0.0813. The molecule has 13 heteroatoms. The molecule has 12 rings (SSSR count). The van der Waals surface area contributed by atoms with Crippen LogP contribution in [0.4, 0.5) is 34.1 Å². The summed E-state index contributed by atoms with van der Waals surface area (Å²) in [5, 5.41) is 18.3. The van der Waals surface area contributed by atoms with Crippen LogP contribution >= 0.6 is 0 Å². The molecule has 6 aromatic heterocycles. The van der Waals surface area contributed by atoms with Crippen LogP contribution in [0.1, 0.15) is 120 Å². The number of nitrogens with zero attached hydrogens (tertiary/aromatic N) is 4. The Hall–Kier alpha value is -8.71. The van der Waals surface area contributed by atoms with E-state index in [1.165, 1.54) is 5.56 Å². The molecule has 3 aliphatic rings. The van der Waals surface area contributed by atoms with E-state index < -0.39 is 0 Å². The maximum absolute atomic E-state index is 13.0. The summed E-state index contributed by atoms with van der Waals surface area (Å²) in [6, 6.07) is 36.0. The third-order valence-electron chi connectivity index (χ3n) is 14.5. The van der Waals surface area contributed by atoms with Gasteiger partial charge in [-0.05, 0) is 116 Å². The van der Waals surface area contributed by atoms with Crippen LogP contribution in [0.3, 0.4) is 0 Å². The van der Waals surface area contributed by atoms with Gasteiger partial charge in [-0.15, -0.1) is 0 Å². The standard InChI is InChI=1S/2C22H23N3O.C20H20N4O/c1-14-4-6-16(7-5-14)24-21-19-17(12-22(2,3)13-18(19)26)25-20(21)15-8-10-23-11-9-15;1-14-6-4-5-7-16(14)24-21-19-17(12-22(2,3)13-18(19)26)25-20(21)15-8-10-23-11-9-15;1-20(2)10-15-17(16(25)11-20)19(23-14-6-4-3-5-7-14)18(24-15)13-8-9-21-22-12-13/h2*4-11,24-25H,12-13H2,1-3H3;3-9,12,23-24H,10-11H2,1-2H3. The number of aryl methyl sites for hydroxylation is 2. The van der Waals surface area contributed by atoms with Gasteiger partial charge in [-0.25, -0.2) is 0 Å². The first-order valence-corrected chi connectivity index (χ1v) is 26.3. The molecule has 0 spiro atoms. The predicted molar refractivity (Wildman–Crippen MR) is 308 cm³/mol. The van der Waals surface area contributed by atoms with Gasteiger partial charge in [0.15, 0.2) is 17.3 Å². The number of aromatic nitrogens is 7. The van der Waals surface area contributed by atoms with Gasteiger partial charge in [0, 0.05) is 94.9 Å². The maximum Gasteiger partial charge on any atom is 0.167 e. The van der Waals surface area contributed by atoms with E-state index in [1.807, 2.05) is 91.0 Å². The third-order valence-corrected chi connectivity index (χ3v) is 14.5. The summed E-state index contributed by atoms with van der Waals surface area (Å²) < 4.78 is 0. The summed E-state index contributed by atoms with van der Waals surface area (Å²) in [7, 11) is 0. The van der Waals surface area contributed by atoms with Gasteiger partial charge < -0.3 is 30.9 Å². The minimum Gasteiger partial charge on any atom is -0.356 e. The Labute approximate surface area is 450 Å². The van der Waals surface area contributed by atoms with E-state index in [4.69, 9.17) is 0 Å². The van der Waals surface area contributed by atoms with Crippen molar-refractivity contribution in [3.05, 3.63) is 191 Å². The molecule has 77 heavy (non-hydrogen) atoms. The van der Waals surface area contributed by atoms with Crippen molar-refractivity contribution in [3.63, 3.8) is 0 Å². The number of benzene rings is 3. The molecule has 0 fully saturated rings. The molecule has 13 nitrogen and oxygen atoms in total. The number of para-hydroxylation sites is 2. The number of aromatic amines is 3. The SMILES string of the molecule is CC1(C)CC(=O)c2c([nH]c(-c3ccnnc3)c2Nc2ccccc2)C1.Cc1ccc(Nc2c(-c3ccncc3)[nH]c3c2C(=O)CC(C)(C)C3)cc1.Cc1ccccc1Nc1c(-c2ccncc2)[nH]c2c1C(=O)CC(C)(C)C2. The van der Waals surface area contributed by atoms with Crippen LogP contribution in [0.25, 0.3) is 33.8 Å². The largest absolute Gasteiger partial charge is 0.356 e. The molecule has 390 valence electrons. The highest BCUT2D eigenvalue weighted by molar-refractivity contribution is 6.09. The van der Waals surface area contributed by atoms with Crippen molar-refractivity contribution in [2.45, 2.75) is 93.9 Å². The highest BCUT2D eigenvalue weighted by atomic mass is 16.1. The fraction of sp³-hybridized carbons (Fsp3) is 0.266. The Morgan fingerprint density at radius 3 is 1.26 bits per heavy atom. The molecule has 0 amide bonds. The number of fused-ring (bicyclic) bond motifs is 3. The highest BCUT2D eigenvalue weighted by Crippen LogP contribution is 2.46. The van der Waals surface area contributed by atoms with Crippen LogP contribution in [0, 0.1) is 30.1 Å². The molecule has 0 aliphatic heterocycles. The van der Waals surface area contributed by atoms with Gasteiger partial charge >= 0.3 is 0 Å². The van der Waals surface area contributed by atoms with Crippen LogP contribution in [0.5, 0.6) is 0 Å². The van der Waals surface area contributed by atoms with Crippen molar-refractivity contribution in [2.75, 3.05) is 16.0 Å². The monoisotopic (exact) mass is 1020 g/mol. The normalized spacial score (nSPS) is 15.6. The molecule has 0 saturated carbocycles. The second-order valence-corrected chi connectivity index (χ2v) is 23.0. The number of carbonyl (C=O) groups excluding carboxylic acids is 3. The van der Waals surface area contributed by atoms with E-state index in [0.29, 0.717) is 19.3 Å². The van der Waals surface area contributed by atoms with Crippen LogP contribution in [-0.4, -0.2) is 52.5 Å². The number of hydrogen-bond acceptors (Lipinski definition) is 10. The van der Waals surface area contributed by atoms with Crippen molar-refractivity contribution in [1.29, 1.82) is 0 Å². The molecule has 6 N–H and O–H groups in total. The molecule has 3 aliphatic carbocycles. The predicted octanol–water partition coefficient (Wildman–Crippen LogP) is 14.9. The second kappa shape index (κ2) is 21.1. The van der Waals surface area contributed by atoms with Gasteiger partial charge in [-0.2, -0.15) is 10.2 Å². The number of Topliss-reactive ketones (excluding diaryl/α,β-unsaturated/α-hetero) is 3. The van der Waals surface area contributed by atoms with E-state index in [0.717, 1.165) is 126 Å². The average Bonchev–Trinajstić information content (AvgIpc) is 4.12. The zero-order chi connectivity index (χ0) is 54.1. The first-order valence-electron chi connectivity index (χ1n) is 26.3. The van der Waals surface area contributed by atoms with E-state index in [1.54, 1.807) is 37.2 Å².